The van der Waals surface area contributed by atoms with Gasteiger partial charge in [-0.05, 0) is 44.4 Å². The molecule has 1 aliphatic carbocycles. The maximum absolute atomic E-state index is 12.7. The van der Waals surface area contributed by atoms with Crippen LogP contribution in [0, 0.1) is 5.41 Å². The van der Waals surface area contributed by atoms with Gasteiger partial charge in [-0.1, -0.05) is 11.6 Å². The van der Waals surface area contributed by atoms with Crippen molar-refractivity contribution >= 4 is 56.4 Å². The molecular formula is C15H17Cl3N2O3S. The molecule has 1 N–H and O–H groups in total. The number of alkyl halides is 2. The molecule has 1 aliphatic heterocycles. The number of halogens is 3. The van der Waals surface area contributed by atoms with E-state index >= 15 is 0 Å². The lowest BCUT2D eigenvalue weighted by molar-refractivity contribution is -0.120. The number of sulfonamides is 1. The van der Waals surface area contributed by atoms with Crippen molar-refractivity contribution in [2.24, 2.45) is 5.41 Å². The molecule has 1 aromatic rings. The van der Waals surface area contributed by atoms with E-state index in [1.807, 2.05) is 0 Å². The van der Waals surface area contributed by atoms with Crippen LogP contribution in [0.5, 0.6) is 0 Å². The second kappa shape index (κ2) is 6.02. The van der Waals surface area contributed by atoms with Crippen LogP contribution >= 0.6 is 34.8 Å². The minimum Gasteiger partial charge on any atom is -0.325 e. The first-order valence-corrected chi connectivity index (χ1v) is 10.1. The molecule has 0 unspecified atom stereocenters. The van der Waals surface area contributed by atoms with Crippen molar-refractivity contribution in [2.45, 2.75) is 35.4 Å². The van der Waals surface area contributed by atoms with Crippen LogP contribution in [0.2, 0.25) is 5.02 Å². The second-order valence-corrected chi connectivity index (χ2v) is 10.2. The molecule has 24 heavy (non-hydrogen) atoms. The number of nitrogens with one attached hydrogen (secondary N) is 1. The smallest absolute Gasteiger partial charge is 0.244 e. The van der Waals surface area contributed by atoms with Crippen molar-refractivity contribution in [3.8, 4) is 0 Å². The Morgan fingerprint density at radius 2 is 1.83 bits per heavy atom. The van der Waals surface area contributed by atoms with Crippen molar-refractivity contribution in [2.75, 3.05) is 18.4 Å². The standard InChI is InChI=1S/C15H17Cl3N2O3S/c1-14(9-15(14,17)18)13(21)19-10-4-5-11(16)12(8-10)24(22,23)20-6-2-3-7-20/h4-5,8H,2-3,6-7,9H2,1H3,(H,19,21)/t14-/m1/s1. The number of carbonyl (C=O) groups excluding carboxylic acids is 1. The zero-order valence-corrected chi connectivity index (χ0v) is 16.1. The number of amides is 1. The van der Waals surface area contributed by atoms with Crippen molar-refractivity contribution < 1.29 is 13.2 Å². The van der Waals surface area contributed by atoms with Crippen LogP contribution in [-0.2, 0) is 14.8 Å². The molecule has 1 saturated heterocycles. The fourth-order valence-corrected chi connectivity index (χ4v) is 5.49. The highest BCUT2D eigenvalue weighted by molar-refractivity contribution is 7.89. The lowest BCUT2D eigenvalue weighted by Crippen LogP contribution is -2.29. The first-order valence-electron chi connectivity index (χ1n) is 7.57. The molecule has 1 aromatic carbocycles. The van der Waals surface area contributed by atoms with Crippen LogP contribution < -0.4 is 5.32 Å². The van der Waals surface area contributed by atoms with Crippen LogP contribution in [-0.4, -0.2) is 36.1 Å². The number of hydrogen-bond acceptors (Lipinski definition) is 3. The number of benzene rings is 1. The summed E-state index contributed by atoms with van der Waals surface area (Å²) in [6, 6.07) is 4.40. The van der Waals surface area contributed by atoms with E-state index in [1.165, 1.54) is 16.4 Å². The van der Waals surface area contributed by atoms with E-state index in [2.05, 4.69) is 5.32 Å². The monoisotopic (exact) mass is 410 g/mol. The average Bonchev–Trinajstić information content (AvgIpc) is 2.90. The van der Waals surface area contributed by atoms with Crippen molar-refractivity contribution in [1.29, 1.82) is 0 Å². The van der Waals surface area contributed by atoms with Crippen molar-refractivity contribution in [3.05, 3.63) is 23.2 Å². The SMILES string of the molecule is C[C@]1(C(=O)Nc2ccc(Cl)c(S(=O)(=O)N3CCCC3)c2)CC1(Cl)Cl. The van der Waals surface area contributed by atoms with Gasteiger partial charge in [0, 0.05) is 18.8 Å². The van der Waals surface area contributed by atoms with Crippen molar-refractivity contribution in [3.63, 3.8) is 0 Å². The van der Waals surface area contributed by atoms with Gasteiger partial charge in [0.15, 0.2) is 0 Å². The average molecular weight is 412 g/mol. The minimum atomic E-state index is -3.67. The summed E-state index contributed by atoms with van der Waals surface area (Å²) in [5.41, 5.74) is -0.538. The van der Waals surface area contributed by atoms with Crippen molar-refractivity contribution in [1.82, 2.24) is 4.31 Å². The van der Waals surface area contributed by atoms with Gasteiger partial charge in [-0.3, -0.25) is 4.79 Å². The number of anilines is 1. The molecule has 1 atom stereocenters. The van der Waals surface area contributed by atoms with Gasteiger partial charge in [0.1, 0.15) is 9.23 Å². The summed E-state index contributed by atoms with van der Waals surface area (Å²) in [4.78, 5) is 12.3. The molecule has 3 rings (SSSR count). The van der Waals surface area contributed by atoms with Gasteiger partial charge in [0.05, 0.1) is 10.4 Å². The van der Waals surface area contributed by atoms with Crippen LogP contribution in [0.4, 0.5) is 5.69 Å². The number of hydrogen-bond donors (Lipinski definition) is 1. The summed E-state index contributed by atoms with van der Waals surface area (Å²) < 4.78 is 25.7. The third-order valence-electron chi connectivity index (χ3n) is 4.63. The van der Waals surface area contributed by atoms with E-state index in [-0.39, 0.29) is 15.8 Å². The summed E-state index contributed by atoms with van der Waals surface area (Å²) in [5.74, 6) is -0.348. The van der Waals surface area contributed by atoms with Crippen LogP contribution in [0.3, 0.4) is 0 Å². The van der Waals surface area contributed by atoms with E-state index < -0.39 is 19.8 Å². The largest absolute Gasteiger partial charge is 0.325 e. The Bertz CT molecular complexity index is 791. The van der Waals surface area contributed by atoms with Crippen LogP contribution in [0.15, 0.2) is 23.1 Å². The predicted molar refractivity (Wildman–Crippen MR) is 95.2 cm³/mol. The van der Waals surface area contributed by atoms with Gasteiger partial charge >= 0.3 is 0 Å². The summed E-state index contributed by atoms with van der Waals surface area (Å²) in [6.07, 6.45) is 2.01. The topological polar surface area (TPSA) is 66.5 Å². The van der Waals surface area contributed by atoms with Gasteiger partial charge in [-0.2, -0.15) is 4.31 Å². The first kappa shape index (κ1) is 18.3. The molecule has 5 nitrogen and oxygen atoms in total. The zero-order valence-electron chi connectivity index (χ0n) is 13.0. The number of rotatable bonds is 4. The minimum absolute atomic E-state index is 0.00664. The third-order valence-corrected chi connectivity index (χ3v) is 8.11. The summed E-state index contributed by atoms with van der Waals surface area (Å²) in [7, 11) is -3.67. The molecule has 2 fully saturated rings. The molecule has 132 valence electrons. The highest BCUT2D eigenvalue weighted by atomic mass is 35.5. The van der Waals surface area contributed by atoms with E-state index in [0.717, 1.165) is 12.8 Å². The molecular weight excluding hydrogens is 395 g/mol. The van der Waals surface area contributed by atoms with Crippen LogP contribution in [0.25, 0.3) is 0 Å². The van der Waals surface area contributed by atoms with E-state index in [4.69, 9.17) is 34.8 Å². The molecule has 1 amide bonds. The van der Waals surface area contributed by atoms with Gasteiger partial charge in [0.2, 0.25) is 15.9 Å². The fourth-order valence-electron chi connectivity index (χ4n) is 2.76. The Balaban J connectivity index is 1.86. The maximum Gasteiger partial charge on any atom is 0.244 e. The number of nitrogens with zero attached hydrogens (tertiary/aromatic N) is 1. The van der Waals surface area contributed by atoms with Crippen LogP contribution in [0.1, 0.15) is 26.2 Å². The Kier molecular flexibility index (Phi) is 4.58. The molecule has 0 aromatic heterocycles. The van der Waals surface area contributed by atoms with E-state index in [0.29, 0.717) is 25.2 Å². The Labute approximate surface area is 156 Å². The Hall–Kier alpha value is -0.530. The summed E-state index contributed by atoms with van der Waals surface area (Å²) in [5, 5.41) is 2.81. The molecule has 1 saturated carbocycles. The number of carbonyl (C=O) groups is 1. The first-order chi connectivity index (χ1) is 11.1. The second-order valence-electron chi connectivity index (χ2n) is 6.42. The van der Waals surface area contributed by atoms with E-state index in [9.17, 15) is 13.2 Å². The van der Waals surface area contributed by atoms with Gasteiger partial charge in [0.25, 0.3) is 0 Å². The highest BCUT2D eigenvalue weighted by Crippen LogP contribution is 2.64. The summed E-state index contributed by atoms with van der Waals surface area (Å²) in [6.45, 7) is 2.63. The third kappa shape index (κ3) is 3.03. The normalized spacial score (nSPS) is 26.3. The molecule has 0 radical (unpaired) electrons. The fraction of sp³-hybridized carbons (Fsp3) is 0.533. The van der Waals surface area contributed by atoms with Gasteiger partial charge in [-0.25, -0.2) is 8.42 Å². The molecule has 1 heterocycles. The quantitative estimate of drug-likeness (QED) is 0.769. The molecule has 2 aliphatic rings. The van der Waals surface area contributed by atoms with E-state index in [1.54, 1.807) is 13.0 Å². The van der Waals surface area contributed by atoms with Gasteiger partial charge < -0.3 is 5.32 Å². The highest BCUT2D eigenvalue weighted by Gasteiger charge is 2.67. The molecule has 0 spiro atoms. The molecule has 0 bridgehead atoms. The maximum atomic E-state index is 12.7. The Morgan fingerprint density at radius 1 is 1.25 bits per heavy atom. The molecule has 9 heteroatoms. The zero-order chi connectivity index (χ0) is 17.8. The lowest BCUT2D eigenvalue weighted by atomic mass is 10.1. The predicted octanol–water partition coefficient (Wildman–Crippen LogP) is 3.65. The summed E-state index contributed by atoms with van der Waals surface area (Å²) >= 11 is 18.1. The van der Waals surface area contributed by atoms with Gasteiger partial charge in [-0.15, -0.1) is 23.2 Å². The Morgan fingerprint density at radius 3 is 2.38 bits per heavy atom. The lowest BCUT2D eigenvalue weighted by Gasteiger charge is -2.18.